The molecule has 17 heavy (non-hydrogen) atoms. The van der Waals surface area contributed by atoms with E-state index in [2.05, 4.69) is 0 Å². The molecular weight excluding hydrogens is 218 g/mol. The Bertz CT molecular complexity index is 336. The number of amides is 1. The Morgan fingerprint density at radius 1 is 1.35 bits per heavy atom. The van der Waals surface area contributed by atoms with E-state index in [9.17, 15) is 14.7 Å². The zero-order valence-corrected chi connectivity index (χ0v) is 10.6. The fraction of sp³-hybridized carbons (Fsp3) is 0.846. The van der Waals surface area contributed by atoms with E-state index in [1.54, 1.807) is 4.90 Å². The highest BCUT2D eigenvalue weighted by atomic mass is 16.4. The van der Waals surface area contributed by atoms with Crippen LogP contribution in [0.3, 0.4) is 0 Å². The van der Waals surface area contributed by atoms with Crippen molar-refractivity contribution in [2.24, 2.45) is 17.3 Å². The quantitative estimate of drug-likeness (QED) is 0.816. The van der Waals surface area contributed by atoms with E-state index in [-0.39, 0.29) is 17.7 Å². The van der Waals surface area contributed by atoms with Crippen LogP contribution in [0.15, 0.2) is 0 Å². The smallest absolute Gasteiger partial charge is 0.311 e. The second-order valence-corrected chi connectivity index (χ2v) is 5.75. The first-order chi connectivity index (χ1) is 7.97. The molecule has 0 aromatic heterocycles. The summed E-state index contributed by atoms with van der Waals surface area (Å²) in [7, 11) is 0. The third-order valence-electron chi connectivity index (χ3n) is 4.60. The molecule has 1 saturated carbocycles. The molecule has 0 aromatic carbocycles. The molecule has 4 heteroatoms. The summed E-state index contributed by atoms with van der Waals surface area (Å²) in [6.45, 7) is 4.88. The Morgan fingerprint density at radius 2 is 2.00 bits per heavy atom. The fourth-order valence-electron chi connectivity index (χ4n) is 2.83. The molecule has 0 bridgehead atoms. The number of hydrogen-bond donors (Lipinski definition) is 1. The highest BCUT2D eigenvalue weighted by molar-refractivity contribution is 5.82. The maximum absolute atomic E-state index is 12.1. The van der Waals surface area contributed by atoms with Gasteiger partial charge in [-0.25, -0.2) is 0 Å². The first-order valence-corrected chi connectivity index (χ1v) is 6.49. The topological polar surface area (TPSA) is 57.6 Å². The zero-order chi connectivity index (χ0) is 12.6. The van der Waals surface area contributed by atoms with Crippen molar-refractivity contribution in [1.82, 2.24) is 4.90 Å². The van der Waals surface area contributed by atoms with Crippen LogP contribution in [-0.4, -0.2) is 35.0 Å². The minimum Gasteiger partial charge on any atom is -0.481 e. The first kappa shape index (κ1) is 12.4. The second-order valence-electron chi connectivity index (χ2n) is 5.75. The van der Waals surface area contributed by atoms with E-state index < -0.39 is 11.4 Å². The number of carboxylic acid groups (broad SMARTS) is 1. The van der Waals surface area contributed by atoms with Gasteiger partial charge in [0, 0.05) is 19.0 Å². The van der Waals surface area contributed by atoms with Crippen LogP contribution < -0.4 is 0 Å². The molecule has 1 unspecified atom stereocenters. The third-order valence-corrected chi connectivity index (χ3v) is 4.60. The van der Waals surface area contributed by atoms with Gasteiger partial charge in [0.2, 0.25) is 5.91 Å². The number of likely N-dealkylation sites (tertiary alicyclic amines) is 1. The average Bonchev–Trinajstić information content (AvgIpc) is 2.59. The lowest BCUT2D eigenvalue weighted by molar-refractivity contribution is -0.151. The van der Waals surface area contributed by atoms with Crippen molar-refractivity contribution in [2.75, 3.05) is 13.1 Å². The summed E-state index contributed by atoms with van der Waals surface area (Å²) < 4.78 is 0. The summed E-state index contributed by atoms with van der Waals surface area (Å²) in [4.78, 5) is 25.3. The molecule has 2 fully saturated rings. The van der Waals surface area contributed by atoms with E-state index >= 15 is 0 Å². The first-order valence-electron chi connectivity index (χ1n) is 6.49. The van der Waals surface area contributed by atoms with Crippen LogP contribution >= 0.6 is 0 Å². The Balaban J connectivity index is 2.06. The van der Waals surface area contributed by atoms with Gasteiger partial charge in [-0.15, -0.1) is 0 Å². The van der Waals surface area contributed by atoms with Gasteiger partial charge in [0.15, 0.2) is 0 Å². The molecule has 0 spiro atoms. The van der Waals surface area contributed by atoms with Crippen molar-refractivity contribution >= 4 is 11.9 Å². The van der Waals surface area contributed by atoms with Gasteiger partial charge in [0.1, 0.15) is 0 Å². The molecule has 1 atom stereocenters. The Labute approximate surface area is 102 Å². The summed E-state index contributed by atoms with van der Waals surface area (Å²) >= 11 is 0. The van der Waals surface area contributed by atoms with Crippen LogP contribution in [0.1, 0.15) is 39.5 Å². The van der Waals surface area contributed by atoms with E-state index in [1.165, 1.54) is 0 Å². The molecule has 0 aromatic rings. The summed E-state index contributed by atoms with van der Waals surface area (Å²) in [5.74, 6) is -0.331. The van der Waals surface area contributed by atoms with Gasteiger partial charge in [-0.1, -0.05) is 20.3 Å². The Morgan fingerprint density at radius 3 is 2.35 bits per heavy atom. The highest BCUT2D eigenvalue weighted by Gasteiger charge is 2.49. The van der Waals surface area contributed by atoms with E-state index in [4.69, 9.17) is 0 Å². The minimum atomic E-state index is -0.753. The van der Waals surface area contributed by atoms with Crippen LogP contribution in [0.25, 0.3) is 0 Å². The minimum absolute atomic E-state index is 0.0687. The lowest BCUT2D eigenvalue weighted by atomic mass is 9.76. The van der Waals surface area contributed by atoms with Gasteiger partial charge in [-0.05, 0) is 25.2 Å². The lowest BCUT2D eigenvalue weighted by Gasteiger charge is -2.32. The summed E-state index contributed by atoms with van der Waals surface area (Å²) in [6, 6.07) is 0. The summed E-state index contributed by atoms with van der Waals surface area (Å²) in [6.07, 6.45) is 3.70. The normalized spacial score (nSPS) is 29.5. The van der Waals surface area contributed by atoms with Crippen LogP contribution in [-0.2, 0) is 9.59 Å². The maximum Gasteiger partial charge on any atom is 0.311 e. The zero-order valence-electron chi connectivity index (χ0n) is 10.6. The van der Waals surface area contributed by atoms with Crippen LogP contribution in [0, 0.1) is 17.3 Å². The molecular formula is C13H21NO3. The van der Waals surface area contributed by atoms with Gasteiger partial charge >= 0.3 is 5.97 Å². The monoisotopic (exact) mass is 239 g/mol. The average molecular weight is 239 g/mol. The summed E-state index contributed by atoms with van der Waals surface area (Å²) in [5, 5.41) is 9.41. The van der Waals surface area contributed by atoms with Gasteiger partial charge in [0.25, 0.3) is 0 Å². The molecule has 1 aliphatic carbocycles. The molecule has 1 heterocycles. The third kappa shape index (κ3) is 1.94. The molecule has 0 radical (unpaired) electrons. The molecule has 1 N–H and O–H groups in total. The largest absolute Gasteiger partial charge is 0.481 e. The second kappa shape index (κ2) is 4.31. The molecule has 4 nitrogen and oxygen atoms in total. The van der Waals surface area contributed by atoms with Crippen molar-refractivity contribution in [3.05, 3.63) is 0 Å². The molecule has 2 rings (SSSR count). The van der Waals surface area contributed by atoms with Gasteiger partial charge in [-0.2, -0.15) is 0 Å². The van der Waals surface area contributed by atoms with Crippen LogP contribution in [0.5, 0.6) is 0 Å². The lowest BCUT2D eigenvalue weighted by Crippen LogP contribution is -2.43. The van der Waals surface area contributed by atoms with Crippen molar-refractivity contribution in [3.63, 3.8) is 0 Å². The SMILES string of the molecule is CC(C)C1(C(=O)O)CCN(C(=O)C2CCC2)C1. The molecule has 1 saturated heterocycles. The number of carboxylic acids is 1. The molecule has 96 valence electrons. The van der Waals surface area contributed by atoms with Crippen molar-refractivity contribution < 1.29 is 14.7 Å². The van der Waals surface area contributed by atoms with Gasteiger partial charge < -0.3 is 10.0 Å². The highest BCUT2D eigenvalue weighted by Crippen LogP contribution is 2.40. The Kier molecular flexibility index (Phi) is 3.15. The van der Waals surface area contributed by atoms with E-state index in [0.29, 0.717) is 19.5 Å². The van der Waals surface area contributed by atoms with Gasteiger partial charge in [-0.3, -0.25) is 9.59 Å². The number of hydrogen-bond acceptors (Lipinski definition) is 2. The van der Waals surface area contributed by atoms with Crippen LogP contribution in [0.4, 0.5) is 0 Å². The fourth-order valence-corrected chi connectivity index (χ4v) is 2.83. The maximum atomic E-state index is 12.1. The van der Waals surface area contributed by atoms with Crippen molar-refractivity contribution in [2.45, 2.75) is 39.5 Å². The summed E-state index contributed by atoms with van der Waals surface area (Å²) in [5.41, 5.74) is -0.723. The number of aliphatic carboxylic acids is 1. The molecule has 1 aliphatic heterocycles. The predicted molar refractivity (Wildman–Crippen MR) is 63.4 cm³/mol. The number of carbonyl (C=O) groups is 2. The Hall–Kier alpha value is -1.06. The standard InChI is InChI=1S/C13H21NO3/c1-9(2)13(12(16)17)6-7-14(8-13)11(15)10-4-3-5-10/h9-10H,3-8H2,1-2H3,(H,16,17). The molecule has 2 aliphatic rings. The van der Waals surface area contributed by atoms with E-state index in [0.717, 1.165) is 19.3 Å². The number of carbonyl (C=O) groups excluding carboxylic acids is 1. The predicted octanol–water partition coefficient (Wildman–Crippen LogP) is 1.75. The van der Waals surface area contributed by atoms with E-state index in [1.807, 2.05) is 13.8 Å². The molecule has 1 amide bonds. The number of nitrogens with zero attached hydrogens (tertiary/aromatic N) is 1. The number of rotatable bonds is 3. The van der Waals surface area contributed by atoms with Crippen LogP contribution in [0.2, 0.25) is 0 Å². The van der Waals surface area contributed by atoms with Gasteiger partial charge in [0.05, 0.1) is 5.41 Å². The van der Waals surface area contributed by atoms with Crippen molar-refractivity contribution in [3.8, 4) is 0 Å². The van der Waals surface area contributed by atoms with Crippen molar-refractivity contribution in [1.29, 1.82) is 0 Å².